The minimum atomic E-state index is -0.199. The van der Waals surface area contributed by atoms with Gasteiger partial charge in [-0.05, 0) is 30.2 Å². The molecule has 3 rings (SSSR count). The van der Waals surface area contributed by atoms with Crippen LogP contribution in [0.1, 0.15) is 22.9 Å². The van der Waals surface area contributed by atoms with Gasteiger partial charge in [-0.25, -0.2) is 0 Å². The van der Waals surface area contributed by atoms with Crippen molar-refractivity contribution in [3.05, 3.63) is 59.4 Å². The van der Waals surface area contributed by atoms with Crippen LogP contribution in [0.25, 0.3) is 0 Å². The smallest absolute Gasteiger partial charge is 0.242 e. The van der Waals surface area contributed by atoms with Crippen LogP contribution in [0.2, 0.25) is 0 Å². The summed E-state index contributed by atoms with van der Waals surface area (Å²) < 4.78 is 2.11. The second-order valence-corrected chi connectivity index (χ2v) is 5.63. The van der Waals surface area contributed by atoms with Crippen molar-refractivity contribution in [2.24, 2.45) is 7.05 Å². The first-order chi connectivity index (χ1) is 10.2. The van der Waals surface area contributed by atoms with Crippen LogP contribution in [0, 0.1) is 6.92 Å². The number of benzene rings is 1. The minimum absolute atomic E-state index is 0.102. The molecule has 1 aliphatic heterocycles. The predicted octanol–water partition coefficient (Wildman–Crippen LogP) is 2.01. The average Bonchev–Trinajstić information content (AvgIpc) is 2.86. The molecule has 0 spiro atoms. The van der Waals surface area contributed by atoms with E-state index in [1.807, 2.05) is 31.4 Å². The third kappa shape index (κ3) is 2.72. The first-order valence-corrected chi connectivity index (χ1v) is 7.34. The normalized spacial score (nSPS) is 19.5. The summed E-state index contributed by atoms with van der Waals surface area (Å²) in [6.45, 7) is 4.44. The zero-order valence-corrected chi connectivity index (χ0v) is 12.5. The van der Waals surface area contributed by atoms with E-state index in [2.05, 4.69) is 39.9 Å². The standard InChI is InChI=1S/C17H21N3O/c1-13-6-3-4-8-15(13)16-17(21)18-9-11-20(16)12-14-7-5-10-19(14)2/h3-8,10,16H,9,11-12H2,1-2H3,(H,18,21). The van der Waals surface area contributed by atoms with Gasteiger partial charge in [0.1, 0.15) is 6.04 Å². The van der Waals surface area contributed by atoms with E-state index in [4.69, 9.17) is 0 Å². The first kappa shape index (κ1) is 13.9. The maximum atomic E-state index is 12.4. The quantitative estimate of drug-likeness (QED) is 0.935. The number of aromatic nitrogens is 1. The van der Waals surface area contributed by atoms with E-state index in [0.717, 1.165) is 24.2 Å². The van der Waals surface area contributed by atoms with Gasteiger partial charge in [0.05, 0.1) is 0 Å². The fourth-order valence-electron chi connectivity index (χ4n) is 2.98. The number of hydrogen-bond donors (Lipinski definition) is 1. The Morgan fingerprint density at radius 2 is 2.05 bits per heavy atom. The summed E-state index contributed by atoms with van der Waals surface area (Å²) in [6.07, 6.45) is 2.04. The molecule has 1 atom stereocenters. The fourth-order valence-corrected chi connectivity index (χ4v) is 2.98. The van der Waals surface area contributed by atoms with E-state index in [1.54, 1.807) is 0 Å². The van der Waals surface area contributed by atoms with Crippen molar-refractivity contribution >= 4 is 5.91 Å². The Labute approximate surface area is 125 Å². The first-order valence-electron chi connectivity index (χ1n) is 7.34. The van der Waals surface area contributed by atoms with E-state index in [0.29, 0.717) is 6.54 Å². The monoisotopic (exact) mass is 283 g/mol. The molecule has 4 nitrogen and oxygen atoms in total. The highest BCUT2D eigenvalue weighted by Crippen LogP contribution is 2.27. The molecule has 0 bridgehead atoms. The van der Waals surface area contributed by atoms with Crippen LogP contribution in [0.15, 0.2) is 42.6 Å². The molecule has 1 aliphatic rings. The number of rotatable bonds is 3. The van der Waals surface area contributed by atoms with Gasteiger partial charge in [0, 0.05) is 38.6 Å². The molecule has 1 aromatic carbocycles. The summed E-state index contributed by atoms with van der Waals surface area (Å²) in [5.41, 5.74) is 3.49. The minimum Gasteiger partial charge on any atom is -0.353 e. The molecule has 1 amide bonds. The Bertz CT molecular complexity index is 647. The van der Waals surface area contributed by atoms with E-state index < -0.39 is 0 Å². The Hall–Kier alpha value is -2.07. The van der Waals surface area contributed by atoms with Crippen molar-refractivity contribution in [2.75, 3.05) is 13.1 Å². The van der Waals surface area contributed by atoms with Crippen LogP contribution in [-0.2, 0) is 18.4 Å². The van der Waals surface area contributed by atoms with Gasteiger partial charge in [0.15, 0.2) is 0 Å². The van der Waals surface area contributed by atoms with Gasteiger partial charge >= 0.3 is 0 Å². The molecule has 0 saturated carbocycles. The third-order valence-electron chi connectivity index (χ3n) is 4.21. The third-order valence-corrected chi connectivity index (χ3v) is 4.21. The highest BCUT2D eigenvalue weighted by molar-refractivity contribution is 5.84. The highest BCUT2D eigenvalue weighted by atomic mass is 16.2. The van der Waals surface area contributed by atoms with Crippen LogP contribution in [0.3, 0.4) is 0 Å². The lowest BCUT2D eigenvalue weighted by atomic mass is 9.97. The lowest BCUT2D eigenvalue weighted by molar-refractivity contribution is -0.129. The molecule has 0 radical (unpaired) electrons. The molecule has 1 N–H and O–H groups in total. The SMILES string of the molecule is Cc1ccccc1C1C(=O)NCCN1Cc1cccn1C. The maximum absolute atomic E-state index is 12.4. The molecule has 2 heterocycles. The average molecular weight is 283 g/mol. The second-order valence-electron chi connectivity index (χ2n) is 5.63. The zero-order valence-electron chi connectivity index (χ0n) is 12.5. The van der Waals surface area contributed by atoms with Crippen molar-refractivity contribution in [2.45, 2.75) is 19.5 Å². The molecule has 1 aromatic heterocycles. The molecule has 1 unspecified atom stereocenters. The van der Waals surface area contributed by atoms with Gasteiger partial charge in [-0.1, -0.05) is 24.3 Å². The molecule has 2 aromatic rings. The summed E-state index contributed by atoms with van der Waals surface area (Å²) in [6, 6.07) is 12.1. The summed E-state index contributed by atoms with van der Waals surface area (Å²) in [7, 11) is 2.04. The van der Waals surface area contributed by atoms with Crippen molar-refractivity contribution in [1.29, 1.82) is 0 Å². The molecule has 0 aliphatic carbocycles. The Kier molecular flexibility index (Phi) is 3.80. The van der Waals surface area contributed by atoms with Crippen molar-refractivity contribution < 1.29 is 4.79 Å². The van der Waals surface area contributed by atoms with Gasteiger partial charge in [0.2, 0.25) is 5.91 Å². The van der Waals surface area contributed by atoms with Crippen LogP contribution < -0.4 is 5.32 Å². The summed E-state index contributed by atoms with van der Waals surface area (Å²) in [4.78, 5) is 14.7. The summed E-state index contributed by atoms with van der Waals surface area (Å²) in [5, 5.41) is 2.99. The Morgan fingerprint density at radius 1 is 1.24 bits per heavy atom. The van der Waals surface area contributed by atoms with Crippen molar-refractivity contribution in [3.63, 3.8) is 0 Å². The largest absolute Gasteiger partial charge is 0.353 e. The molecule has 1 saturated heterocycles. The van der Waals surface area contributed by atoms with Crippen LogP contribution in [0.4, 0.5) is 0 Å². The number of carbonyl (C=O) groups excluding carboxylic acids is 1. The molecular formula is C17H21N3O. The number of aryl methyl sites for hydroxylation is 2. The lowest BCUT2D eigenvalue weighted by Crippen LogP contribution is -2.49. The number of hydrogen-bond acceptors (Lipinski definition) is 2. The van der Waals surface area contributed by atoms with Crippen LogP contribution in [0.5, 0.6) is 0 Å². The second kappa shape index (κ2) is 5.74. The van der Waals surface area contributed by atoms with E-state index in [1.165, 1.54) is 5.69 Å². The van der Waals surface area contributed by atoms with Gasteiger partial charge in [-0.15, -0.1) is 0 Å². The number of nitrogens with one attached hydrogen (secondary N) is 1. The predicted molar refractivity (Wildman–Crippen MR) is 82.8 cm³/mol. The van der Waals surface area contributed by atoms with Crippen LogP contribution in [-0.4, -0.2) is 28.5 Å². The molecule has 4 heteroatoms. The number of nitrogens with zero attached hydrogens (tertiary/aromatic N) is 2. The van der Waals surface area contributed by atoms with Gasteiger partial charge in [0.25, 0.3) is 0 Å². The van der Waals surface area contributed by atoms with Crippen LogP contribution >= 0.6 is 0 Å². The molecular weight excluding hydrogens is 262 g/mol. The fraction of sp³-hybridized carbons (Fsp3) is 0.353. The Morgan fingerprint density at radius 3 is 2.76 bits per heavy atom. The van der Waals surface area contributed by atoms with E-state index in [9.17, 15) is 4.79 Å². The zero-order chi connectivity index (χ0) is 14.8. The number of carbonyl (C=O) groups is 1. The molecule has 1 fully saturated rings. The van der Waals surface area contributed by atoms with E-state index in [-0.39, 0.29) is 11.9 Å². The maximum Gasteiger partial charge on any atom is 0.242 e. The number of piperazine rings is 1. The number of amides is 1. The molecule has 21 heavy (non-hydrogen) atoms. The van der Waals surface area contributed by atoms with Crippen molar-refractivity contribution in [1.82, 2.24) is 14.8 Å². The van der Waals surface area contributed by atoms with Crippen molar-refractivity contribution in [3.8, 4) is 0 Å². The summed E-state index contributed by atoms with van der Waals surface area (Å²) >= 11 is 0. The molecule has 110 valence electrons. The van der Waals surface area contributed by atoms with Gasteiger partial charge in [-0.2, -0.15) is 0 Å². The topological polar surface area (TPSA) is 37.3 Å². The Balaban J connectivity index is 1.92. The summed E-state index contributed by atoms with van der Waals surface area (Å²) in [5.74, 6) is 0.102. The van der Waals surface area contributed by atoms with Gasteiger partial charge < -0.3 is 9.88 Å². The lowest BCUT2D eigenvalue weighted by Gasteiger charge is -2.36. The highest BCUT2D eigenvalue weighted by Gasteiger charge is 2.32. The van der Waals surface area contributed by atoms with E-state index >= 15 is 0 Å². The van der Waals surface area contributed by atoms with Gasteiger partial charge in [-0.3, -0.25) is 9.69 Å².